The minimum Gasteiger partial charge on any atom is -0.264 e. The lowest BCUT2D eigenvalue weighted by molar-refractivity contribution is 1.30. The van der Waals surface area contributed by atoms with Gasteiger partial charge in [0.15, 0.2) is 0 Å². The lowest BCUT2D eigenvalue weighted by Gasteiger charge is -2.07. The van der Waals surface area contributed by atoms with Crippen molar-refractivity contribution in [3.8, 4) is 11.3 Å². The molecule has 0 spiro atoms. The third-order valence-corrected chi connectivity index (χ3v) is 2.34. The van der Waals surface area contributed by atoms with Crippen LogP contribution in [-0.2, 0) is 0 Å². The van der Waals surface area contributed by atoms with Crippen molar-refractivity contribution in [2.75, 3.05) is 0 Å². The highest BCUT2D eigenvalue weighted by atomic mass is 14.7. The summed E-state index contributed by atoms with van der Waals surface area (Å²) >= 11 is 0. The normalized spacial score (nSPS) is 9.93. The van der Waals surface area contributed by atoms with Gasteiger partial charge in [0.25, 0.3) is 0 Å². The molecule has 0 N–H and O–H groups in total. The summed E-state index contributed by atoms with van der Waals surface area (Å²) in [6, 6.07) is 11.8. The summed E-state index contributed by atoms with van der Waals surface area (Å²) in [4.78, 5) is 8.35. The zero-order chi connectivity index (χ0) is 10.7. The van der Waals surface area contributed by atoms with E-state index in [2.05, 4.69) is 29.7 Å². The average Bonchev–Trinajstić information content (AvgIpc) is 2.29. The molecule has 1 aromatic heterocycles. The zero-order valence-corrected chi connectivity index (χ0v) is 8.64. The van der Waals surface area contributed by atoms with Gasteiger partial charge in [0.1, 0.15) is 0 Å². The van der Waals surface area contributed by atoms with Crippen molar-refractivity contribution in [1.29, 1.82) is 0 Å². The summed E-state index contributed by atoms with van der Waals surface area (Å²) in [6.07, 6.45) is 1.79. The summed E-state index contributed by atoms with van der Waals surface area (Å²) in [7, 11) is 0. The number of nitrogens with zero attached hydrogens (tertiary/aromatic N) is 2. The largest absolute Gasteiger partial charge is 0.264 e. The fraction of sp³-hybridized carbons (Fsp3) is 0.0769. The van der Waals surface area contributed by atoms with Gasteiger partial charge in [-0.1, -0.05) is 18.2 Å². The van der Waals surface area contributed by atoms with E-state index >= 15 is 0 Å². The van der Waals surface area contributed by atoms with Gasteiger partial charge in [-0.3, -0.25) is 9.98 Å². The molecule has 0 saturated heterocycles. The maximum absolute atomic E-state index is 4.33. The van der Waals surface area contributed by atoms with E-state index in [1.54, 1.807) is 6.20 Å². The van der Waals surface area contributed by atoms with Gasteiger partial charge in [-0.15, -0.1) is 0 Å². The number of benzene rings is 1. The van der Waals surface area contributed by atoms with Crippen LogP contribution in [0.25, 0.3) is 11.3 Å². The van der Waals surface area contributed by atoms with Crippen molar-refractivity contribution >= 4 is 12.4 Å². The smallest absolute Gasteiger partial charge is 0.0726 e. The van der Waals surface area contributed by atoms with Crippen LogP contribution in [0.4, 0.5) is 5.69 Å². The SMILES string of the molecule is C=Nc1cccc(C)c1-c1ccccn1. The van der Waals surface area contributed by atoms with E-state index in [-0.39, 0.29) is 0 Å². The predicted octanol–water partition coefficient (Wildman–Crippen LogP) is 3.39. The van der Waals surface area contributed by atoms with Gasteiger partial charge >= 0.3 is 0 Å². The van der Waals surface area contributed by atoms with Crippen LogP contribution in [0.2, 0.25) is 0 Å². The molecule has 0 radical (unpaired) electrons. The molecule has 2 aromatic rings. The van der Waals surface area contributed by atoms with Crippen LogP contribution in [0.1, 0.15) is 5.56 Å². The van der Waals surface area contributed by atoms with Gasteiger partial charge in [-0.2, -0.15) is 0 Å². The molecular formula is C13H12N2. The number of hydrogen-bond acceptors (Lipinski definition) is 2. The minimum atomic E-state index is 0.883. The zero-order valence-electron chi connectivity index (χ0n) is 8.64. The second kappa shape index (κ2) is 4.05. The third-order valence-electron chi connectivity index (χ3n) is 2.34. The number of aromatic nitrogens is 1. The number of aliphatic imine (C=N–C) groups is 1. The van der Waals surface area contributed by atoms with Gasteiger partial charge in [0.05, 0.1) is 11.4 Å². The first-order valence-corrected chi connectivity index (χ1v) is 4.80. The first-order valence-electron chi connectivity index (χ1n) is 4.80. The van der Waals surface area contributed by atoms with Crippen molar-refractivity contribution in [2.24, 2.45) is 4.99 Å². The Bertz CT molecular complexity index is 475. The lowest BCUT2D eigenvalue weighted by atomic mass is 10.0. The second-order valence-electron chi connectivity index (χ2n) is 3.34. The van der Waals surface area contributed by atoms with Gasteiger partial charge < -0.3 is 0 Å². The maximum atomic E-state index is 4.33. The van der Waals surface area contributed by atoms with Gasteiger partial charge in [-0.25, -0.2) is 0 Å². The molecule has 1 heterocycles. The molecule has 0 fully saturated rings. The molecule has 1 aromatic carbocycles. The summed E-state index contributed by atoms with van der Waals surface area (Å²) in [5, 5.41) is 0. The molecule has 0 aliphatic carbocycles. The van der Waals surface area contributed by atoms with E-state index in [0.29, 0.717) is 0 Å². The standard InChI is InChI=1S/C13H12N2/c1-10-6-5-8-11(14-2)13(10)12-7-3-4-9-15-12/h3-9H,2H2,1H3. The Balaban J connectivity index is 2.66. The summed E-state index contributed by atoms with van der Waals surface area (Å²) < 4.78 is 0. The number of aryl methyl sites for hydroxylation is 1. The minimum absolute atomic E-state index is 0.883. The van der Waals surface area contributed by atoms with Crippen LogP contribution in [0.5, 0.6) is 0 Å². The lowest BCUT2D eigenvalue weighted by Crippen LogP contribution is -1.86. The van der Waals surface area contributed by atoms with Gasteiger partial charge in [0, 0.05) is 11.8 Å². The van der Waals surface area contributed by atoms with Crippen LogP contribution < -0.4 is 0 Å². The molecule has 0 amide bonds. The van der Waals surface area contributed by atoms with Gasteiger partial charge in [0.2, 0.25) is 0 Å². The Labute approximate surface area is 89.3 Å². The highest BCUT2D eigenvalue weighted by Crippen LogP contribution is 2.31. The van der Waals surface area contributed by atoms with E-state index in [1.807, 2.05) is 30.3 Å². The maximum Gasteiger partial charge on any atom is 0.0726 e. The molecule has 0 unspecified atom stereocenters. The van der Waals surface area contributed by atoms with Crippen LogP contribution in [0.15, 0.2) is 47.6 Å². The molecule has 2 rings (SSSR count). The Morgan fingerprint density at radius 3 is 2.67 bits per heavy atom. The van der Waals surface area contributed by atoms with Crippen molar-refractivity contribution < 1.29 is 0 Å². The van der Waals surface area contributed by atoms with E-state index in [1.165, 1.54) is 5.56 Å². The van der Waals surface area contributed by atoms with Gasteiger partial charge in [-0.05, 0) is 37.4 Å². The van der Waals surface area contributed by atoms with E-state index in [9.17, 15) is 0 Å². The molecule has 2 heteroatoms. The fourth-order valence-electron chi connectivity index (χ4n) is 1.63. The van der Waals surface area contributed by atoms with E-state index < -0.39 is 0 Å². The fourth-order valence-corrected chi connectivity index (χ4v) is 1.63. The summed E-state index contributed by atoms with van der Waals surface area (Å²) in [5.74, 6) is 0. The molecule has 15 heavy (non-hydrogen) atoms. The topological polar surface area (TPSA) is 25.2 Å². The second-order valence-corrected chi connectivity index (χ2v) is 3.34. The first kappa shape index (κ1) is 9.59. The number of hydrogen-bond donors (Lipinski definition) is 0. The predicted molar refractivity (Wildman–Crippen MR) is 63.6 cm³/mol. The number of pyridine rings is 1. The van der Waals surface area contributed by atoms with Crippen LogP contribution in [-0.4, -0.2) is 11.7 Å². The Morgan fingerprint density at radius 2 is 2.00 bits per heavy atom. The van der Waals surface area contributed by atoms with Crippen LogP contribution in [0, 0.1) is 6.92 Å². The van der Waals surface area contributed by atoms with Crippen LogP contribution >= 0.6 is 0 Å². The third kappa shape index (κ3) is 1.79. The summed E-state index contributed by atoms with van der Waals surface area (Å²) in [5.41, 5.74) is 4.05. The molecule has 0 aliphatic rings. The average molecular weight is 196 g/mol. The van der Waals surface area contributed by atoms with Crippen molar-refractivity contribution in [3.05, 3.63) is 48.2 Å². The van der Waals surface area contributed by atoms with E-state index in [4.69, 9.17) is 0 Å². The Morgan fingerprint density at radius 1 is 1.13 bits per heavy atom. The van der Waals surface area contributed by atoms with Crippen molar-refractivity contribution in [1.82, 2.24) is 4.98 Å². The Kier molecular flexibility index (Phi) is 2.59. The van der Waals surface area contributed by atoms with E-state index in [0.717, 1.165) is 16.9 Å². The molecule has 0 aliphatic heterocycles. The molecule has 0 bridgehead atoms. The molecule has 2 nitrogen and oxygen atoms in total. The molecule has 74 valence electrons. The Hall–Kier alpha value is -1.96. The summed E-state index contributed by atoms with van der Waals surface area (Å²) in [6.45, 7) is 5.63. The highest BCUT2D eigenvalue weighted by molar-refractivity contribution is 5.77. The quantitative estimate of drug-likeness (QED) is 0.676. The molecule has 0 saturated carbocycles. The highest BCUT2D eigenvalue weighted by Gasteiger charge is 2.06. The van der Waals surface area contributed by atoms with Crippen LogP contribution in [0.3, 0.4) is 0 Å². The molecule has 0 atom stereocenters. The van der Waals surface area contributed by atoms with Crippen molar-refractivity contribution in [2.45, 2.75) is 6.92 Å². The monoisotopic (exact) mass is 196 g/mol. The first-order chi connectivity index (χ1) is 7.33. The van der Waals surface area contributed by atoms with Crippen molar-refractivity contribution in [3.63, 3.8) is 0 Å². The molecular weight excluding hydrogens is 184 g/mol. The number of rotatable bonds is 2.